The van der Waals surface area contributed by atoms with Crippen molar-refractivity contribution >= 4 is 33.5 Å². The van der Waals surface area contributed by atoms with E-state index in [9.17, 15) is 9.18 Å². The van der Waals surface area contributed by atoms with Gasteiger partial charge in [-0.05, 0) is 72.0 Å². The molecule has 0 saturated heterocycles. The zero-order valence-corrected chi connectivity index (χ0v) is 21.2. The van der Waals surface area contributed by atoms with Crippen LogP contribution in [0.15, 0.2) is 85.1 Å². The van der Waals surface area contributed by atoms with Crippen molar-refractivity contribution in [2.45, 2.75) is 25.7 Å². The van der Waals surface area contributed by atoms with Crippen LogP contribution in [0.2, 0.25) is 0 Å². The van der Waals surface area contributed by atoms with Crippen molar-refractivity contribution < 1.29 is 9.18 Å². The highest BCUT2D eigenvalue weighted by molar-refractivity contribution is 6.01. The van der Waals surface area contributed by atoms with E-state index in [1.165, 1.54) is 6.07 Å². The topological polar surface area (TPSA) is 86.5 Å². The van der Waals surface area contributed by atoms with E-state index in [1.807, 2.05) is 54.6 Å². The van der Waals surface area contributed by atoms with Crippen molar-refractivity contribution in [3.63, 3.8) is 0 Å². The average molecular weight is 516 g/mol. The fraction of sp³-hybridized carbons (Fsp3) is 0.156. The van der Waals surface area contributed by atoms with Gasteiger partial charge in [-0.15, -0.1) is 0 Å². The Balaban J connectivity index is 1.25. The number of halogens is 1. The Bertz CT molecular complexity index is 1850. The van der Waals surface area contributed by atoms with Crippen LogP contribution in [-0.4, -0.2) is 26.1 Å². The van der Waals surface area contributed by atoms with Crippen molar-refractivity contribution in [1.29, 1.82) is 0 Å². The molecule has 1 saturated carbocycles. The Labute approximate surface area is 224 Å². The first-order valence-electron chi connectivity index (χ1n) is 13.3. The van der Waals surface area contributed by atoms with Gasteiger partial charge in [-0.1, -0.05) is 49.2 Å². The summed E-state index contributed by atoms with van der Waals surface area (Å²) in [7, 11) is 0. The molecule has 0 bridgehead atoms. The number of carbonyl (C=O) groups excluding carboxylic acids is 1. The maximum absolute atomic E-state index is 14.6. The van der Waals surface area contributed by atoms with Gasteiger partial charge in [-0.3, -0.25) is 9.89 Å². The van der Waals surface area contributed by atoms with Gasteiger partial charge < -0.3 is 10.3 Å². The molecule has 6 nitrogen and oxygen atoms in total. The molecular formula is C32H26FN5O. The summed E-state index contributed by atoms with van der Waals surface area (Å²) in [5, 5.41) is 12.6. The van der Waals surface area contributed by atoms with Crippen molar-refractivity contribution in [3.05, 3.63) is 90.9 Å². The van der Waals surface area contributed by atoms with Gasteiger partial charge >= 0.3 is 0 Å². The lowest BCUT2D eigenvalue weighted by Gasteiger charge is -2.11. The average Bonchev–Trinajstić information content (AvgIpc) is 3.73. The van der Waals surface area contributed by atoms with Crippen LogP contribution in [0, 0.1) is 11.7 Å². The molecule has 192 valence electrons. The number of aromatic amines is 2. The summed E-state index contributed by atoms with van der Waals surface area (Å²) in [5.74, 6) is -0.0492. The van der Waals surface area contributed by atoms with Crippen LogP contribution in [0.3, 0.4) is 0 Å². The zero-order chi connectivity index (χ0) is 26.3. The summed E-state index contributed by atoms with van der Waals surface area (Å²) < 4.78 is 14.6. The SMILES string of the molecule is O=C(Nc1cccc(-c2ccc3[nH]nc(-c4cc5c(-c6ccccc6F)ccnc5[nH]4)c3c2)c1)C1CCCC1. The van der Waals surface area contributed by atoms with Crippen LogP contribution in [0.25, 0.3) is 55.6 Å². The molecule has 7 rings (SSSR count). The van der Waals surface area contributed by atoms with Gasteiger partial charge in [0.1, 0.15) is 17.2 Å². The monoisotopic (exact) mass is 515 g/mol. The minimum atomic E-state index is -0.274. The summed E-state index contributed by atoms with van der Waals surface area (Å²) in [4.78, 5) is 20.5. The van der Waals surface area contributed by atoms with Crippen molar-refractivity contribution in [2.24, 2.45) is 5.92 Å². The lowest BCUT2D eigenvalue weighted by atomic mass is 10.0. The third kappa shape index (κ3) is 4.26. The highest BCUT2D eigenvalue weighted by Crippen LogP contribution is 2.35. The second-order valence-electron chi connectivity index (χ2n) is 10.2. The Morgan fingerprint density at radius 3 is 2.59 bits per heavy atom. The summed E-state index contributed by atoms with van der Waals surface area (Å²) in [5.41, 5.74) is 7.26. The molecule has 3 aromatic carbocycles. The molecule has 0 aliphatic heterocycles. The summed E-state index contributed by atoms with van der Waals surface area (Å²) in [6, 6.07) is 24.7. The normalized spacial score (nSPS) is 13.9. The number of fused-ring (bicyclic) bond motifs is 2. The third-order valence-electron chi connectivity index (χ3n) is 7.70. The predicted octanol–water partition coefficient (Wildman–Crippen LogP) is 7.71. The third-order valence-corrected chi connectivity index (χ3v) is 7.70. The smallest absolute Gasteiger partial charge is 0.227 e. The van der Waals surface area contributed by atoms with Gasteiger partial charge in [-0.2, -0.15) is 5.10 Å². The lowest BCUT2D eigenvalue weighted by molar-refractivity contribution is -0.119. The number of aromatic nitrogens is 4. The molecule has 7 heteroatoms. The maximum Gasteiger partial charge on any atom is 0.227 e. The molecule has 3 N–H and O–H groups in total. The number of hydrogen-bond donors (Lipinski definition) is 3. The fourth-order valence-electron chi connectivity index (χ4n) is 5.68. The van der Waals surface area contributed by atoms with Crippen LogP contribution < -0.4 is 5.32 Å². The number of carbonyl (C=O) groups is 1. The molecule has 3 aromatic heterocycles. The van der Waals surface area contributed by atoms with Gasteiger partial charge in [0, 0.05) is 34.1 Å². The predicted molar refractivity (Wildman–Crippen MR) is 153 cm³/mol. The number of anilines is 1. The Morgan fingerprint density at radius 2 is 1.72 bits per heavy atom. The van der Waals surface area contributed by atoms with Crippen LogP contribution >= 0.6 is 0 Å². The Hall–Kier alpha value is -4.78. The first kappa shape index (κ1) is 23.3. The second-order valence-corrected chi connectivity index (χ2v) is 10.2. The van der Waals surface area contributed by atoms with Crippen LogP contribution in [-0.2, 0) is 4.79 Å². The van der Waals surface area contributed by atoms with E-state index in [2.05, 4.69) is 31.5 Å². The van der Waals surface area contributed by atoms with E-state index in [0.29, 0.717) is 11.2 Å². The number of pyridine rings is 1. The van der Waals surface area contributed by atoms with E-state index < -0.39 is 0 Å². The largest absolute Gasteiger partial charge is 0.338 e. The maximum atomic E-state index is 14.6. The van der Waals surface area contributed by atoms with E-state index >= 15 is 0 Å². The Kier molecular flexibility index (Phi) is 5.69. The Morgan fingerprint density at radius 1 is 0.872 bits per heavy atom. The number of nitrogens with one attached hydrogen (secondary N) is 3. The lowest BCUT2D eigenvalue weighted by Crippen LogP contribution is -2.20. The quantitative estimate of drug-likeness (QED) is 0.220. The highest BCUT2D eigenvalue weighted by atomic mass is 19.1. The standard InChI is InChI=1S/C32H26FN5O/c33-27-11-4-3-10-24(27)23-14-15-34-31-25(23)18-29(36-31)30-26-17-21(12-13-28(26)37-38-30)20-8-5-9-22(16-20)35-32(39)19-6-1-2-7-19/h3-5,8-19H,1-2,6-7H2,(H,34,36)(H,35,39)(H,37,38). The molecule has 1 fully saturated rings. The van der Waals surface area contributed by atoms with Gasteiger partial charge in [-0.25, -0.2) is 9.37 Å². The second kappa shape index (κ2) is 9.51. The molecule has 1 amide bonds. The minimum Gasteiger partial charge on any atom is -0.338 e. The highest BCUT2D eigenvalue weighted by Gasteiger charge is 2.22. The number of benzene rings is 3. The molecule has 0 spiro atoms. The molecule has 0 unspecified atom stereocenters. The molecule has 39 heavy (non-hydrogen) atoms. The number of nitrogens with zero attached hydrogens (tertiary/aromatic N) is 2. The molecule has 6 aromatic rings. The van der Waals surface area contributed by atoms with Crippen LogP contribution in [0.4, 0.5) is 10.1 Å². The minimum absolute atomic E-state index is 0.111. The molecule has 0 radical (unpaired) electrons. The number of rotatable bonds is 5. The van der Waals surface area contributed by atoms with Gasteiger partial charge in [0.05, 0.1) is 11.2 Å². The van der Waals surface area contributed by atoms with E-state index in [0.717, 1.165) is 75.7 Å². The summed E-state index contributed by atoms with van der Waals surface area (Å²) >= 11 is 0. The van der Waals surface area contributed by atoms with Crippen molar-refractivity contribution in [2.75, 3.05) is 5.32 Å². The number of amides is 1. The van der Waals surface area contributed by atoms with E-state index in [4.69, 9.17) is 0 Å². The van der Waals surface area contributed by atoms with Gasteiger partial charge in [0.15, 0.2) is 0 Å². The van der Waals surface area contributed by atoms with E-state index in [1.54, 1.807) is 18.3 Å². The molecule has 1 aliphatic rings. The van der Waals surface area contributed by atoms with Crippen LogP contribution in [0.5, 0.6) is 0 Å². The van der Waals surface area contributed by atoms with Gasteiger partial charge in [0.25, 0.3) is 0 Å². The molecule has 0 atom stereocenters. The molecule has 3 heterocycles. The summed E-state index contributed by atoms with van der Waals surface area (Å²) in [6.45, 7) is 0. The molecular weight excluding hydrogens is 489 g/mol. The van der Waals surface area contributed by atoms with Crippen LogP contribution in [0.1, 0.15) is 25.7 Å². The van der Waals surface area contributed by atoms with Crippen molar-refractivity contribution in [3.8, 4) is 33.6 Å². The number of H-pyrrole nitrogens is 2. The molecule has 1 aliphatic carbocycles. The van der Waals surface area contributed by atoms with Gasteiger partial charge in [0.2, 0.25) is 5.91 Å². The first-order chi connectivity index (χ1) is 19.1. The summed E-state index contributed by atoms with van der Waals surface area (Å²) in [6.07, 6.45) is 5.88. The fourth-order valence-corrected chi connectivity index (χ4v) is 5.68. The number of hydrogen-bond acceptors (Lipinski definition) is 3. The van der Waals surface area contributed by atoms with E-state index in [-0.39, 0.29) is 17.6 Å². The van der Waals surface area contributed by atoms with Crippen molar-refractivity contribution in [1.82, 2.24) is 20.2 Å². The first-order valence-corrected chi connectivity index (χ1v) is 13.3. The zero-order valence-electron chi connectivity index (χ0n) is 21.2.